The quantitative estimate of drug-likeness (QED) is 0.346. The van der Waals surface area contributed by atoms with Crippen molar-refractivity contribution in [2.75, 3.05) is 19.3 Å². The number of aromatic nitrogens is 1. The molecule has 0 unspecified atom stereocenters. The first-order chi connectivity index (χ1) is 11.3. The van der Waals surface area contributed by atoms with Crippen molar-refractivity contribution in [1.82, 2.24) is 14.6 Å². The Hall–Kier alpha value is -1.86. The molecule has 0 aromatic carbocycles. The van der Waals surface area contributed by atoms with Gasteiger partial charge in [-0.2, -0.15) is 25.2 Å². The second kappa shape index (κ2) is 7.81. The van der Waals surface area contributed by atoms with Crippen LogP contribution < -0.4 is 16.2 Å². The lowest BCUT2D eigenvalue weighted by atomic mass is 10.6. The standard InChI is InChI=1S/C11H18N8O2S3/c1-7-17-24(20,21)18-10(19(7)2)14-3-4-22-5-8-6-23-11(15-8)16-9(12)13/h6H,3-5H2,1-2H3,(H,14,18)(H4,12,13,15,16). The SMILES string of the molecule is CC1=NS(=O)(=O)NC(=NCCSCc2csc(N=C(N)N)n2)N1C. The van der Waals surface area contributed by atoms with Gasteiger partial charge in [-0.25, -0.2) is 9.71 Å². The maximum absolute atomic E-state index is 11.5. The van der Waals surface area contributed by atoms with Crippen LogP contribution in [0.2, 0.25) is 0 Å². The Morgan fingerprint density at radius 1 is 1.50 bits per heavy atom. The van der Waals surface area contributed by atoms with Crippen molar-refractivity contribution < 1.29 is 8.42 Å². The van der Waals surface area contributed by atoms with Crippen molar-refractivity contribution in [3.63, 3.8) is 0 Å². The molecule has 0 spiro atoms. The first kappa shape index (κ1) is 18.5. The van der Waals surface area contributed by atoms with Crippen molar-refractivity contribution in [1.29, 1.82) is 0 Å². The molecule has 24 heavy (non-hydrogen) atoms. The zero-order valence-corrected chi connectivity index (χ0v) is 15.6. The normalized spacial score (nSPS) is 18.2. The lowest BCUT2D eigenvalue weighted by Crippen LogP contribution is -2.48. The topological polar surface area (TPSA) is 151 Å². The van der Waals surface area contributed by atoms with Gasteiger partial charge in [-0.3, -0.25) is 4.99 Å². The maximum atomic E-state index is 11.5. The summed E-state index contributed by atoms with van der Waals surface area (Å²) in [4.78, 5) is 14.0. The Balaban J connectivity index is 1.82. The molecule has 0 atom stereocenters. The van der Waals surface area contributed by atoms with Gasteiger partial charge in [0.05, 0.1) is 12.2 Å². The second-order valence-corrected chi connectivity index (χ2v) is 7.97. The van der Waals surface area contributed by atoms with Crippen molar-refractivity contribution >= 4 is 56.2 Å². The number of hydrogen-bond donors (Lipinski definition) is 3. The molecule has 0 bridgehead atoms. The largest absolute Gasteiger partial charge is 0.370 e. The number of thioether (sulfide) groups is 1. The van der Waals surface area contributed by atoms with Crippen molar-refractivity contribution in [2.24, 2.45) is 25.8 Å². The van der Waals surface area contributed by atoms with Crippen LogP contribution in [0.25, 0.3) is 0 Å². The predicted octanol–water partition coefficient (Wildman–Crippen LogP) is -0.165. The second-order valence-electron chi connectivity index (χ2n) is 4.69. The minimum Gasteiger partial charge on any atom is -0.370 e. The molecule has 0 radical (unpaired) electrons. The average Bonchev–Trinajstić information content (AvgIpc) is 2.89. The molecule has 0 amide bonds. The summed E-state index contributed by atoms with van der Waals surface area (Å²) >= 11 is 3.00. The van der Waals surface area contributed by atoms with E-state index in [0.717, 1.165) is 5.69 Å². The van der Waals surface area contributed by atoms with Crippen LogP contribution in [0, 0.1) is 0 Å². The third-order valence-electron chi connectivity index (χ3n) is 2.79. The summed E-state index contributed by atoms with van der Waals surface area (Å²) in [5, 5.41) is 2.42. The number of nitrogens with one attached hydrogen (secondary N) is 1. The highest BCUT2D eigenvalue weighted by Crippen LogP contribution is 2.21. The molecule has 1 aromatic heterocycles. The highest BCUT2D eigenvalue weighted by molar-refractivity contribution is 7.98. The fourth-order valence-corrected chi connectivity index (χ4v) is 4.13. The molecule has 0 fully saturated rings. The summed E-state index contributed by atoms with van der Waals surface area (Å²) < 4.78 is 28.9. The molecule has 5 N–H and O–H groups in total. The van der Waals surface area contributed by atoms with E-state index in [2.05, 4.69) is 24.1 Å². The minimum absolute atomic E-state index is 0.0164. The summed E-state index contributed by atoms with van der Waals surface area (Å²) in [6.07, 6.45) is 0. The van der Waals surface area contributed by atoms with Crippen LogP contribution >= 0.6 is 23.1 Å². The van der Waals surface area contributed by atoms with E-state index in [1.54, 1.807) is 30.6 Å². The molecule has 2 heterocycles. The number of hydrogen-bond acceptors (Lipinski definition) is 7. The lowest BCUT2D eigenvalue weighted by Gasteiger charge is -2.24. The van der Waals surface area contributed by atoms with Crippen LogP contribution in [0.1, 0.15) is 12.6 Å². The molecule has 0 aliphatic carbocycles. The molecular formula is C11H18N8O2S3. The Bertz CT molecular complexity index is 779. The van der Waals surface area contributed by atoms with Crippen LogP contribution in [0.5, 0.6) is 0 Å². The van der Waals surface area contributed by atoms with Gasteiger partial charge in [-0.1, -0.05) is 0 Å². The minimum atomic E-state index is -3.69. The van der Waals surface area contributed by atoms with Crippen LogP contribution in [0.4, 0.5) is 5.13 Å². The van der Waals surface area contributed by atoms with Gasteiger partial charge in [0.15, 0.2) is 5.96 Å². The Kier molecular flexibility index (Phi) is 6.01. The average molecular weight is 391 g/mol. The molecule has 10 nitrogen and oxygen atoms in total. The molecule has 0 saturated carbocycles. The zero-order valence-electron chi connectivity index (χ0n) is 13.1. The van der Waals surface area contributed by atoms with Gasteiger partial charge in [0.2, 0.25) is 11.1 Å². The number of aliphatic imine (C=N–C) groups is 2. The summed E-state index contributed by atoms with van der Waals surface area (Å²) in [6.45, 7) is 2.07. The van der Waals surface area contributed by atoms with Crippen LogP contribution in [-0.4, -0.2) is 55.4 Å². The third kappa shape index (κ3) is 5.35. The third-order valence-corrected chi connectivity index (χ3v) is 5.49. The van der Waals surface area contributed by atoms with Gasteiger partial charge in [0.25, 0.3) is 0 Å². The van der Waals surface area contributed by atoms with Gasteiger partial charge in [0, 0.05) is 23.9 Å². The van der Waals surface area contributed by atoms with E-state index in [0.29, 0.717) is 29.0 Å². The molecular weight excluding hydrogens is 372 g/mol. The Labute approximate surface area is 148 Å². The van der Waals surface area contributed by atoms with Crippen LogP contribution in [0.3, 0.4) is 0 Å². The number of nitrogens with zero attached hydrogens (tertiary/aromatic N) is 5. The summed E-state index contributed by atoms with van der Waals surface area (Å²) in [5.41, 5.74) is 11.5. The fraction of sp³-hybridized carbons (Fsp3) is 0.455. The highest BCUT2D eigenvalue weighted by Gasteiger charge is 2.23. The first-order valence-corrected chi connectivity index (χ1v) is 10.2. The van der Waals surface area contributed by atoms with E-state index in [4.69, 9.17) is 11.5 Å². The van der Waals surface area contributed by atoms with Crippen molar-refractivity contribution in [3.8, 4) is 0 Å². The summed E-state index contributed by atoms with van der Waals surface area (Å²) in [7, 11) is -1.99. The molecule has 132 valence electrons. The molecule has 13 heteroatoms. The molecule has 2 rings (SSSR count). The zero-order chi connectivity index (χ0) is 17.7. The van der Waals surface area contributed by atoms with Crippen molar-refractivity contribution in [3.05, 3.63) is 11.1 Å². The predicted molar refractivity (Wildman–Crippen MR) is 99.0 cm³/mol. The monoisotopic (exact) mass is 390 g/mol. The molecule has 0 saturated heterocycles. The maximum Gasteiger partial charge on any atom is 0.346 e. The lowest BCUT2D eigenvalue weighted by molar-refractivity contribution is 0.583. The Morgan fingerprint density at radius 2 is 2.25 bits per heavy atom. The number of nitrogens with two attached hydrogens (primary N) is 2. The fourth-order valence-electron chi connectivity index (χ4n) is 1.65. The van der Waals surface area contributed by atoms with Gasteiger partial charge in [0.1, 0.15) is 5.84 Å². The van der Waals surface area contributed by atoms with Gasteiger partial charge in [-0.15, -0.1) is 15.7 Å². The van der Waals surface area contributed by atoms with E-state index < -0.39 is 10.2 Å². The van der Waals surface area contributed by atoms with E-state index in [1.807, 2.05) is 5.38 Å². The molecule has 1 aliphatic rings. The van der Waals surface area contributed by atoms with Crippen LogP contribution in [-0.2, 0) is 16.0 Å². The number of thiazole rings is 1. The van der Waals surface area contributed by atoms with Crippen LogP contribution in [0.15, 0.2) is 19.8 Å². The van der Waals surface area contributed by atoms with E-state index in [9.17, 15) is 8.42 Å². The van der Waals surface area contributed by atoms with E-state index in [1.165, 1.54) is 11.3 Å². The molecule has 1 aromatic rings. The van der Waals surface area contributed by atoms with Gasteiger partial charge < -0.3 is 16.4 Å². The number of guanidine groups is 2. The number of rotatable bonds is 6. The number of amidine groups is 1. The van der Waals surface area contributed by atoms with Crippen molar-refractivity contribution in [2.45, 2.75) is 12.7 Å². The van der Waals surface area contributed by atoms with Gasteiger partial charge >= 0.3 is 10.2 Å². The summed E-state index contributed by atoms with van der Waals surface area (Å²) in [6, 6.07) is 0. The Morgan fingerprint density at radius 3 is 2.96 bits per heavy atom. The molecule has 1 aliphatic heterocycles. The first-order valence-electron chi connectivity index (χ1n) is 6.76. The highest BCUT2D eigenvalue weighted by atomic mass is 32.2. The smallest absolute Gasteiger partial charge is 0.346 e. The van der Waals surface area contributed by atoms with Gasteiger partial charge in [-0.05, 0) is 6.92 Å². The van der Waals surface area contributed by atoms with E-state index >= 15 is 0 Å². The summed E-state index contributed by atoms with van der Waals surface area (Å²) in [5.74, 6) is 2.03. The van der Waals surface area contributed by atoms with E-state index in [-0.39, 0.29) is 11.9 Å².